The molecule has 0 saturated heterocycles. The monoisotopic (exact) mass is 529 g/mol. The van der Waals surface area contributed by atoms with Crippen molar-refractivity contribution in [3.63, 3.8) is 0 Å². The van der Waals surface area contributed by atoms with Gasteiger partial charge in [-0.2, -0.15) is 0 Å². The summed E-state index contributed by atoms with van der Waals surface area (Å²) in [6.07, 6.45) is 0.718. The van der Waals surface area contributed by atoms with Gasteiger partial charge in [-0.25, -0.2) is 0 Å². The van der Waals surface area contributed by atoms with Crippen LogP contribution in [0.2, 0.25) is 0 Å². The number of anilines is 1. The minimum atomic E-state index is -0.278. The van der Waals surface area contributed by atoms with E-state index >= 15 is 0 Å². The van der Waals surface area contributed by atoms with Crippen LogP contribution in [0.5, 0.6) is 0 Å². The molecule has 0 unspecified atom stereocenters. The van der Waals surface area contributed by atoms with E-state index in [1.165, 1.54) is 11.1 Å². The van der Waals surface area contributed by atoms with E-state index in [0.29, 0.717) is 12.1 Å². The first-order valence-corrected chi connectivity index (χ1v) is 13.5. The van der Waals surface area contributed by atoms with Gasteiger partial charge in [0.2, 0.25) is 0 Å². The molecule has 40 heavy (non-hydrogen) atoms. The highest BCUT2D eigenvalue weighted by atomic mass is 16.1. The Kier molecular flexibility index (Phi) is 7.94. The largest absolute Gasteiger partial charge is 0.378 e. The summed E-state index contributed by atoms with van der Waals surface area (Å²) in [5.74, 6) is 0. The minimum absolute atomic E-state index is 0.187. The zero-order valence-corrected chi connectivity index (χ0v) is 23.6. The fourth-order valence-corrected chi connectivity index (χ4v) is 5.35. The van der Waals surface area contributed by atoms with E-state index in [2.05, 4.69) is 55.3 Å². The molecule has 202 valence electrons. The third kappa shape index (κ3) is 5.61. The summed E-state index contributed by atoms with van der Waals surface area (Å²) in [5, 5.41) is 0.883. The number of carbonyl (C=O) groups excluding carboxylic acids is 1. The van der Waals surface area contributed by atoms with Crippen molar-refractivity contribution in [3.05, 3.63) is 135 Å². The van der Waals surface area contributed by atoms with Crippen LogP contribution in [0.25, 0.3) is 22.0 Å². The van der Waals surface area contributed by atoms with Crippen LogP contribution < -0.4 is 10.5 Å². The summed E-state index contributed by atoms with van der Waals surface area (Å²) in [4.78, 5) is 30.7. The number of aromatic nitrogens is 1. The summed E-state index contributed by atoms with van der Waals surface area (Å²) >= 11 is 0. The Morgan fingerprint density at radius 1 is 0.775 bits per heavy atom. The minimum Gasteiger partial charge on any atom is -0.378 e. The van der Waals surface area contributed by atoms with Gasteiger partial charge in [0.25, 0.3) is 5.56 Å². The zero-order chi connectivity index (χ0) is 28.2. The lowest BCUT2D eigenvalue weighted by Gasteiger charge is -2.21. The number of hydrogen-bond acceptors (Lipinski definition) is 4. The van der Waals surface area contributed by atoms with Crippen LogP contribution in [0.3, 0.4) is 0 Å². The molecule has 0 bridgehead atoms. The van der Waals surface area contributed by atoms with Gasteiger partial charge in [-0.05, 0) is 60.0 Å². The lowest BCUT2D eigenvalue weighted by molar-refractivity contribution is 0.112. The zero-order valence-electron chi connectivity index (χ0n) is 23.6. The van der Waals surface area contributed by atoms with Crippen molar-refractivity contribution in [1.29, 1.82) is 0 Å². The summed E-state index contributed by atoms with van der Waals surface area (Å²) in [7, 11) is 6.08. The molecule has 5 aromatic rings. The third-order valence-electron chi connectivity index (χ3n) is 7.47. The van der Waals surface area contributed by atoms with Gasteiger partial charge >= 0.3 is 0 Å². The van der Waals surface area contributed by atoms with Crippen molar-refractivity contribution in [2.45, 2.75) is 26.6 Å². The average molecular weight is 530 g/mol. The number of nitrogens with zero attached hydrogens (tertiary/aromatic N) is 3. The second-order valence-corrected chi connectivity index (χ2v) is 10.7. The van der Waals surface area contributed by atoms with Crippen LogP contribution in [-0.2, 0) is 19.6 Å². The smallest absolute Gasteiger partial charge is 0.262 e. The Labute approximate surface area is 235 Å². The lowest BCUT2D eigenvalue weighted by atomic mass is 9.94. The van der Waals surface area contributed by atoms with Crippen LogP contribution in [0.4, 0.5) is 5.69 Å². The van der Waals surface area contributed by atoms with E-state index < -0.39 is 0 Å². The number of aldehydes is 1. The highest BCUT2D eigenvalue weighted by Gasteiger charge is 2.19. The molecule has 0 aliphatic carbocycles. The molecule has 0 aliphatic heterocycles. The van der Waals surface area contributed by atoms with Crippen molar-refractivity contribution < 1.29 is 4.79 Å². The fourth-order valence-electron chi connectivity index (χ4n) is 5.35. The second kappa shape index (κ2) is 11.7. The maximum absolute atomic E-state index is 13.9. The standard InChI is InChI=1S/C35H35N3O2/c1-25-11-8-9-15-29(25)23-37(4)21-27-14-10-16-28(19-27)34-31-18-17-30(36(2)3)20-33(31)38(35(40)32(34)24-39)22-26-12-6-5-7-13-26/h5-20,24H,21-23H2,1-4H3. The predicted molar refractivity (Wildman–Crippen MR) is 165 cm³/mol. The number of hydrogen-bond donors (Lipinski definition) is 0. The van der Waals surface area contributed by atoms with Gasteiger partial charge in [-0.3, -0.25) is 14.5 Å². The normalized spacial score (nSPS) is 11.2. The molecule has 0 atom stereocenters. The number of rotatable bonds is 9. The maximum atomic E-state index is 13.9. The molecule has 0 spiro atoms. The molecule has 0 amide bonds. The number of carbonyl (C=O) groups is 1. The molecule has 0 radical (unpaired) electrons. The van der Waals surface area contributed by atoms with E-state index in [0.717, 1.165) is 52.7 Å². The quantitative estimate of drug-likeness (QED) is 0.204. The van der Waals surface area contributed by atoms with Gasteiger partial charge < -0.3 is 9.47 Å². The Morgan fingerprint density at radius 3 is 2.23 bits per heavy atom. The van der Waals surface area contributed by atoms with Gasteiger partial charge in [-0.15, -0.1) is 0 Å². The highest BCUT2D eigenvalue weighted by Crippen LogP contribution is 2.33. The van der Waals surface area contributed by atoms with Gasteiger partial charge in [-0.1, -0.05) is 78.9 Å². The van der Waals surface area contributed by atoms with Gasteiger partial charge in [0, 0.05) is 43.8 Å². The molecule has 5 heteroatoms. The van der Waals surface area contributed by atoms with Gasteiger partial charge in [0.05, 0.1) is 17.6 Å². The Balaban J connectivity index is 1.61. The topological polar surface area (TPSA) is 45.6 Å². The first-order chi connectivity index (χ1) is 19.4. The van der Waals surface area contributed by atoms with E-state index in [4.69, 9.17) is 0 Å². The molecule has 0 saturated carbocycles. The molecule has 5 rings (SSSR count). The number of pyridine rings is 1. The molecule has 4 aromatic carbocycles. The summed E-state index contributed by atoms with van der Waals surface area (Å²) < 4.78 is 1.73. The number of aryl methyl sites for hydroxylation is 1. The molecule has 0 N–H and O–H groups in total. The molecular formula is C35H35N3O2. The van der Waals surface area contributed by atoms with Crippen LogP contribution in [0, 0.1) is 6.92 Å². The summed E-state index contributed by atoms with van der Waals surface area (Å²) in [6, 6.07) is 32.6. The van der Waals surface area contributed by atoms with E-state index in [1.807, 2.05) is 79.7 Å². The molecule has 5 nitrogen and oxygen atoms in total. The van der Waals surface area contributed by atoms with Crippen molar-refractivity contribution in [2.24, 2.45) is 0 Å². The Hall–Kier alpha value is -4.48. The van der Waals surface area contributed by atoms with Crippen LogP contribution in [-0.4, -0.2) is 36.9 Å². The van der Waals surface area contributed by atoms with Crippen molar-refractivity contribution in [1.82, 2.24) is 9.47 Å². The van der Waals surface area contributed by atoms with Gasteiger partial charge in [0.15, 0.2) is 6.29 Å². The SMILES string of the molecule is Cc1ccccc1CN(C)Cc1cccc(-c2c(C=O)c(=O)n(Cc3ccccc3)c3cc(N(C)C)ccc23)c1. The highest BCUT2D eigenvalue weighted by molar-refractivity contribution is 6.03. The van der Waals surface area contributed by atoms with E-state index in [9.17, 15) is 9.59 Å². The molecule has 1 aromatic heterocycles. The number of fused-ring (bicyclic) bond motifs is 1. The summed E-state index contributed by atoms with van der Waals surface area (Å²) in [6.45, 7) is 4.10. The molecular weight excluding hydrogens is 494 g/mol. The van der Waals surface area contributed by atoms with Crippen molar-refractivity contribution >= 4 is 22.9 Å². The van der Waals surface area contributed by atoms with Crippen molar-refractivity contribution in [3.8, 4) is 11.1 Å². The van der Waals surface area contributed by atoms with Crippen LogP contribution in [0.15, 0.2) is 102 Å². The lowest BCUT2D eigenvalue weighted by Crippen LogP contribution is -2.26. The van der Waals surface area contributed by atoms with Crippen LogP contribution >= 0.6 is 0 Å². The summed E-state index contributed by atoms with van der Waals surface area (Å²) in [5.41, 5.74) is 7.97. The third-order valence-corrected chi connectivity index (χ3v) is 7.47. The van der Waals surface area contributed by atoms with E-state index in [1.54, 1.807) is 4.57 Å². The predicted octanol–water partition coefficient (Wildman–Crippen LogP) is 6.54. The second-order valence-electron chi connectivity index (χ2n) is 10.7. The first-order valence-electron chi connectivity index (χ1n) is 13.5. The average Bonchev–Trinajstić information content (AvgIpc) is 2.95. The van der Waals surface area contributed by atoms with E-state index in [-0.39, 0.29) is 11.1 Å². The Bertz CT molecular complexity index is 1720. The van der Waals surface area contributed by atoms with Crippen LogP contribution in [0.1, 0.15) is 32.6 Å². The van der Waals surface area contributed by atoms with Crippen molar-refractivity contribution in [2.75, 3.05) is 26.0 Å². The fraction of sp³-hybridized carbons (Fsp3) is 0.200. The molecule has 0 aliphatic rings. The number of benzene rings is 4. The first kappa shape index (κ1) is 27.1. The molecule has 1 heterocycles. The molecule has 0 fully saturated rings. The van der Waals surface area contributed by atoms with Gasteiger partial charge in [0.1, 0.15) is 0 Å². The maximum Gasteiger partial charge on any atom is 0.262 e. The Morgan fingerprint density at radius 2 is 1.50 bits per heavy atom.